The van der Waals surface area contributed by atoms with Crippen LogP contribution in [0.4, 0.5) is 11.4 Å². The summed E-state index contributed by atoms with van der Waals surface area (Å²) < 4.78 is 0. The summed E-state index contributed by atoms with van der Waals surface area (Å²) in [6.45, 7) is 0. The number of nitro benzene ring substituents is 1. The number of nitro groups is 1. The van der Waals surface area contributed by atoms with Crippen LogP contribution in [0.25, 0.3) is 6.08 Å². The Hall–Kier alpha value is -3.73. The van der Waals surface area contributed by atoms with Gasteiger partial charge in [0.05, 0.1) is 22.4 Å². The van der Waals surface area contributed by atoms with E-state index in [2.05, 4.69) is 30.3 Å². The van der Waals surface area contributed by atoms with Gasteiger partial charge in [0.15, 0.2) is 0 Å². The van der Waals surface area contributed by atoms with Gasteiger partial charge in [0.1, 0.15) is 0 Å². The van der Waals surface area contributed by atoms with Crippen LogP contribution in [-0.2, 0) is 0 Å². The van der Waals surface area contributed by atoms with Crippen LogP contribution in [-0.4, -0.2) is 10.6 Å². The Morgan fingerprint density at radius 3 is 2.18 bits per heavy atom. The summed E-state index contributed by atoms with van der Waals surface area (Å²) in [4.78, 5) is 10.6. The molecule has 0 unspecified atom stereocenters. The van der Waals surface area contributed by atoms with Crippen LogP contribution in [0.1, 0.15) is 23.6 Å². The van der Waals surface area contributed by atoms with Crippen molar-refractivity contribution in [2.75, 3.05) is 5.01 Å². The molecular weight excluding hydrogens is 350 g/mol. The van der Waals surface area contributed by atoms with Gasteiger partial charge in [-0.05, 0) is 29.3 Å². The van der Waals surface area contributed by atoms with Crippen molar-refractivity contribution in [3.63, 3.8) is 0 Å². The lowest BCUT2D eigenvalue weighted by atomic mass is 10.0. The number of anilines is 1. The van der Waals surface area contributed by atoms with Crippen LogP contribution in [0.5, 0.6) is 0 Å². The molecule has 1 aliphatic heterocycles. The lowest BCUT2D eigenvalue weighted by Gasteiger charge is -2.23. The zero-order chi connectivity index (χ0) is 19.3. The minimum Gasteiger partial charge on any atom is -0.258 e. The van der Waals surface area contributed by atoms with Crippen molar-refractivity contribution < 1.29 is 4.92 Å². The molecule has 1 heterocycles. The van der Waals surface area contributed by atoms with E-state index in [0.29, 0.717) is 0 Å². The smallest absolute Gasteiger partial charge is 0.258 e. The van der Waals surface area contributed by atoms with Crippen LogP contribution in [0, 0.1) is 10.1 Å². The van der Waals surface area contributed by atoms with Crippen molar-refractivity contribution in [1.82, 2.24) is 0 Å². The minimum atomic E-state index is -0.389. The third-order valence-corrected chi connectivity index (χ3v) is 4.71. The lowest BCUT2D eigenvalue weighted by Crippen LogP contribution is -2.18. The van der Waals surface area contributed by atoms with E-state index in [0.717, 1.165) is 28.9 Å². The molecule has 5 heteroatoms. The fraction of sp³-hybridized carbons (Fsp3) is 0.0870. The van der Waals surface area contributed by atoms with Gasteiger partial charge in [-0.25, -0.2) is 0 Å². The Labute approximate surface area is 163 Å². The number of benzene rings is 3. The number of hydrogen-bond donors (Lipinski definition) is 0. The van der Waals surface area contributed by atoms with Crippen LogP contribution in [0.2, 0.25) is 0 Å². The molecule has 4 rings (SSSR count). The molecule has 0 saturated heterocycles. The van der Waals surface area contributed by atoms with E-state index in [4.69, 9.17) is 5.10 Å². The molecule has 0 spiro atoms. The highest BCUT2D eigenvalue weighted by molar-refractivity contribution is 6.01. The molecule has 3 aromatic rings. The first-order valence-electron chi connectivity index (χ1n) is 9.10. The fourth-order valence-electron chi connectivity index (χ4n) is 3.29. The van der Waals surface area contributed by atoms with Gasteiger partial charge in [-0.3, -0.25) is 15.1 Å². The second-order valence-electron chi connectivity index (χ2n) is 6.58. The quantitative estimate of drug-likeness (QED) is 0.433. The molecule has 138 valence electrons. The molecular formula is C23H19N3O2. The predicted molar refractivity (Wildman–Crippen MR) is 112 cm³/mol. The number of allylic oxidation sites excluding steroid dienone is 1. The van der Waals surface area contributed by atoms with Gasteiger partial charge in [-0.2, -0.15) is 5.10 Å². The molecule has 3 aromatic carbocycles. The van der Waals surface area contributed by atoms with Gasteiger partial charge in [-0.1, -0.05) is 66.7 Å². The largest absolute Gasteiger partial charge is 0.269 e. The highest BCUT2D eigenvalue weighted by Crippen LogP contribution is 2.36. The van der Waals surface area contributed by atoms with Crippen LogP contribution < -0.4 is 5.01 Å². The Balaban J connectivity index is 1.65. The maximum Gasteiger partial charge on any atom is 0.269 e. The van der Waals surface area contributed by atoms with Crippen LogP contribution in [0.3, 0.4) is 0 Å². The average molecular weight is 369 g/mol. The van der Waals surface area contributed by atoms with Gasteiger partial charge >= 0.3 is 0 Å². The molecule has 1 aliphatic rings. The second kappa shape index (κ2) is 7.88. The molecule has 28 heavy (non-hydrogen) atoms. The third kappa shape index (κ3) is 3.83. The standard InChI is InChI=1S/C23H19N3O2/c27-26(28)22-15-13-21(14-16-22)25-23(19-9-5-2-6-10-19)17-20(24-25)12-11-18-7-3-1-4-8-18/h1-16,23H,17H2/b12-11+/t23-/m1/s1. The van der Waals surface area contributed by atoms with E-state index < -0.39 is 0 Å². The molecule has 0 aromatic heterocycles. The van der Waals surface area contributed by atoms with Gasteiger partial charge in [-0.15, -0.1) is 0 Å². The molecule has 1 atom stereocenters. The van der Waals surface area contributed by atoms with E-state index in [1.807, 2.05) is 47.5 Å². The summed E-state index contributed by atoms with van der Waals surface area (Å²) in [5.74, 6) is 0. The Morgan fingerprint density at radius 1 is 0.893 bits per heavy atom. The first kappa shape index (κ1) is 17.7. The molecule has 0 N–H and O–H groups in total. The maximum absolute atomic E-state index is 10.9. The summed E-state index contributed by atoms with van der Waals surface area (Å²) in [6.07, 6.45) is 4.86. The summed E-state index contributed by atoms with van der Waals surface area (Å²) in [5.41, 5.74) is 4.16. The Morgan fingerprint density at radius 2 is 1.54 bits per heavy atom. The molecule has 0 radical (unpaired) electrons. The van der Waals surface area contributed by atoms with Crippen molar-refractivity contribution in [1.29, 1.82) is 0 Å². The van der Waals surface area contributed by atoms with Gasteiger partial charge in [0, 0.05) is 18.6 Å². The summed E-state index contributed by atoms with van der Waals surface area (Å²) in [5, 5.41) is 17.7. The minimum absolute atomic E-state index is 0.0538. The highest BCUT2D eigenvalue weighted by atomic mass is 16.6. The van der Waals surface area contributed by atoms with Crippen molar-refractivity contribution in [3.8, 4) is 0 Å². The molecule has 5 nitrogen and oxygen atoms in total. The number of non-ortho nitro benzene ring substituents is 1. The zero-order valence-corrected chi connectivity index (χ0v) is 15.2. The van der Waals surface area contributed by atoms with Crippen molar-refractivity contribution in [2.45, 2.75) is 12.5 Å². The predicted octanol–water partition coefficient (Wildman–Crippen LogP) is 5.62. The van der Waals surface area contributed by atoms with E-state index in [1.54, 1.807) is 12.1 Å². The summed E-state index contributed by atoms with van der Waals surface area (Å²) in [6, 6.07) is 26.9. The second-order valence-corrected chi connectivity index (χ2v) is 6.58. The van der Waals surface area contributed by atoms with Gasteiger partial charge in [0.2, 0.25) is 0 Å². The zero-order valence-electron chi connectivity index (χ0n) is 15.2. The molecule has 0 amide bonds. The van der Waals surface area contributed by atoms with Crippen LogP contribution >= 0.6 is 0 Å². The van der Waals surface area contributed by atoms with E-state index in [-0.39, 0.29) is 16.7 Å². The maximum atomic E-state index is 10.9. The number of hydrazone groups is 1. The van der Waals surface area contributed by atoms with E-state index in [1.165, 1.54) is 12.1 Å². The van der Waals surface area contributed by atoms with Crippen molar-refractivity contribution >= 4 is 23.2 Å². The Kier molecular flexibility index (Phi) is 4.97. The monoisotopic (exact) mass is 369 g/mol. The third-order valence-electron chi connectivity index (χ3n) is 4.71. The molecule has 0 saturated carbocycles. The van der Waals surface area contributed by atoms with Crippen molar-refractivity contribution in [3.05, 3.63) is 112 Å². The first-order chi connectivity index (χ1) is 13.7. The molecule has 0 fully saturated rings. The Bertz CT molecular complexity index is 1010. The lowest BCUT2D eigenvalue weighted by molar-refractivity contribution is -0.384. The van der Waals surface area contributed by atoms with E-state index >= 15 is 0 Å². The van der Waals surface area contributed by atoms with Crippen LogP contribution in [0.15, 0.2) is 96.1 Å². The SMILES string of the molecule is O=[N+]([O-])c1ccc(N2N=C(/C=C/c3ccccc3)C[C@@H]2c2ccccc2)cc1. The first-order valence-corrected chi connectivity index (χ1v) is 9.10. The normalized spacial score (nSPS) is 16.4. The van der Waals surface area contributed by atoms with Gasteiger partial charge < -0.3 is 0 Å². The molecule has 0 aliphatic carbocycles. The van der Waals surface area contributed by atoms with Gasteiger partial charge in [0.25, 0.3) is 5.69 Å². The highest BCUT2D eigenvalue weighted by Gasteiger charge is 2.28. The summed E-state index contributed by atoms with van der Waals surface area (Å²) in [7, 11) is 0. The number of rotatable bonds is 5. The molecule has 0 bridgehead atoms. The fourth-order valence-corrected chi connectivity index (χ4v) is 3.29. The summed E-state index contributed by atoms with van der Waals surface area (Å²) >= 11 is 0. The van der Waals surface area contributed by atoms with E-state index in [9.17, 15) is 10.1 Å². The number of nitrogens with zero attached hydrogens (tertiary/aromatic N) is 3. The number of hydrogen-bond acceptors (Lipinski definition) is 4. The van der Waals surface area contributed by atoms with Crippen molar-refractivity contribution in [2.24, 2.45) is 5.10 Å². The topological polar surface area (TPSA) is 58.7 Å². The average Bonchev–Trinajstić information content (AvgIpc) is 3.18.